The number of hydrogen-bond donors (Lipinski definition) is 2. The van der Waals surface area contributed by atoms with Crippen LogP contribution in [0.2, 0.25) is 0 Å². The number of halogens is 2. The summed E-state index contributed by atoms with van der Waals surface area (Å²) in [6.07, 6.45) is 12.9. The summed E-state index contributed by atoms with van der Waals surface area (Å²) < 4.78 is 41.5. The molecular weight excluding hydrogens is 636 g/mol. The van der Waals surface area contributed by atoms with Crippen LogP contribution in [-0.2, 0) is 25.8 Å². The smallest absolute Gasteiger partial charge is 0.290 e. The molecule has 2 N–H and O–H groups in total. The van der Waals surface area contributed by atoms with Crippen LogP contribution >= 0.6 is 11.3 Å². The molecule has 0 amide bonds. The molecule has 0 aromatic carbocycles. The highest BCUT2D eigenvalue weighted by Gasteiger charge is 2.25. The second-order valence-electron chi connectivity index (χ2n) is 9.91. The van der Waals surface area contributed by atoms with Gasteiger partial charge in [0.1, 0.15) is 35.1 Å². The highest BCUT2D eigenvalue weighted by atomic mass is 32.1. The molecule has 0 atom stereocenters. The van der Waals surface area contributed by atoms with Crippen LogP contribution in [0.4, 0.5) is 14.5 Å². The van der Waals surface area contributed by atoms with Crippen LogP contribution in [0.25, 0.3) is 22.0 Å². The van der Waals surface area contributed by atoms with E-state index in [2.05, 4.69) is 25.5 Å². The average Bonchev–Trinajstić information content (AvgIpc) is 3.84. The normalized spacial score (nSPS) is 15.1. The Labute approximate surface area is 275 Å². The fraction of sp³-hybridized carbons (Fsp3) is 0.452. The van der Waals surface area contributed by atoms with Gasteiger partial charge in [-0.05, 0) is 51.2 Å². The first-order chi connectivity index (χ1) is 22.8. The van der Waals surface area contributed by atoms with Crippen molar-refractivity contribution in [2.24, 2.45) is 0 Å². The number of rotatable bonds is 11. The first-order valence-corrected chi connectivity index (χ1v) is 15.8. The Morgan fingerprint density at radius 1 is 1.09 bits per heavy atom. The molecule has 0 aliphatic heterocycles. The van der Waals surface area contributed by atoms with Crippen molar-refractivity contribution in [3.8, 4) is 22.0 Å². The number of ether oxygens (including phenoxy) is 2. The van der Waals surface area contributed by atoms with E-state index < -0.39 is 11.8 Å². The highest BCUT2D eigenvalue weighted by Crippen LogP contribution is 2.34. The van der Waals surface area contributed by atoms with Crippen molar-refractivity contribution in [1.82, 2.24) is 29.5 Å². The van der Waals surface area contributed by atoms with Gasteiger partial charge in [-0.2, -0.15) is 14.6 Å². The number of thiazole rings is 1. The minimum Gasteiger partial charge on any atom is -0.483 e. The van der Waals surface area contributed by atoms with Crippen LogP contribution in [0.5, 0.6) is 0 Å². The van der Waals surface area contributed by atoms with Crippen LogP contribution < -0.4 is 5.32 Å². The van der Waals surface area contributed by atoms with Gasteiger partial charge in [0, 0.05) is 50.5 Å². The number of aromatic nitrogens is 6. The summed E-state index contributed by atoms with van der Waals surface area (Å²) >= 11 is 1.42. The molecule has 1 aliphatic carbocycles. The van der Waals surface area contributed by atoms with Crippen LogP contribution in [0.3, 0.4) is 0 Å². The number of carboxylic acid groups (broad SMARTS) is 1. The molecule has 4 aromatic rings. The maximum atomic E-state index is 14.0. The summed E-state index contributed by atoms with van der Waals surface area (Å²) in [5.74, 6) is -1.31. The summed E-state index contributed by atoms with van der Waals surface area (Å²) in [7, 11) is 3.34. The molecule has 256 valence electrons. The number of pyridine rings is 1. The van der Waals surface area contributed by atoms with Gasteiger partial charge < -0.3 is 24.7 Å². The van der Waals surface area contributed by atoms with Gasteiger partial charge in [0.25, 0.3) is 6.47 Å². The number of carbonyl (C=O) groups is 3. The topological polar surface area (TPSA) is 163 Å². The van der Waals surface area contributed by atoms with Crippen molar-refractivity contribution in [3.63, 3.8) is 0 Å². The molecule has 0 bridgehead atoms. The Kier molecular flexibility index (Phi) is 17.7. The van der Waals surface area contributed by atoms with E-state index in [0.717, 1.165) is 74.0 Å². The lowest BCUT2D eigenvalue weighted by Crippen LogP contribution is -2.24. The largest absolute Gasteiger partial charge is 0.483 e. The molecule has 5 rings (SSSR count). The van der Waals surface area contributed by atoms with Crippen molar-refractivity contribution in [1.29, 1.82) is 0 Å². The molecule has 0 radical (unpaired) electrons. The molecule has 4 heterocycles. The number of carbonyl (C=O) groups excluding carboxylic acids is 2. The molecule has 0 spiro atoms. The van der Waals surface area contributed by atoms with Crippen LogP contribution in [0.1, 0.15) is 68.9 Å². The number of nitrogens with zero attached hydrogens (tertiary/aromatic N) is 6. The zero-order valence-corrected chi connectivity index (χ0v) is 27.7. The fourth-order valence-corrected chi connectivity index (χ4v) is 5.24. The molecule has 0 unspecified atom stereocenters. The van der Waals surface area contributed by atoms with Gasteiger partial charge in [-0.15, -0.1) is 11.3 Å². The monoisotopic (exact) mass is 677 g/mol. The summed E-state index contributed by atoms with van der Waals surface area (Å²) in [4.78, 5) is 36.0. The lowest BCUT2D eigenvalue weighted by Gasteiger charge is -2.28. The Morgan fingerprint density at radius 2 is 1.81 bits per heavy atom. The average molecular weight is 678 g/mol. The van der Waals surface area contributed by atoms with Crippen LogP contribution in [0.15, 0.2) is 36.1 Å². The Morgan fingerprint density at radius 3 is 2.36 bits per heavy atom. The van der Waals surface area contributed by atoms with Gasteiger partial charge >= 0.3 is 0 Å². The molecule has 1 saturated carbocycles. The maximum absolute atomic E-state index is 14.0. The van der Waals surface area contributed by atoms with Gasteiger partial charge in [0.15, 0.2) is 12.1 Å². The van der Waals surface area contributed by atoms with Crippen LogP contribution in [0, 0.1) is 11.8 Å². The minimum atomic E-state index is -0.722. The Balaban J connectivity index is 0.000000283. The second-order valence-corrected chi connectivity index (χ2v) is 10.8. The quantitative estimate of drug-likeness (QED) is 0.144. The van der Waals surface area contributed by atoms with Crippen molar-refractivity contribution in [2.75, 3.05) is 26.1 Å². The predicted molar refractivity (Wildman–Crippen MR) is 173 cm³/mol. The van der Waals surface area contributed by atoms with Crippen LogP contribution in [-0.4, -0.2) is 80.5 Å². The molecule has 47 heavy (non-hydrogen) atoms. The number of hydrogen-bond acceptors (Lipinski definition) is 11. The van der Waals surface area contributed by atoms with E-state index in [9.17, 15) is 18.4 Å². The minimum absolute atomic E-state index is 0.0684. The fourth-order valence-electron chi connectivity index (χ4n) is 4.50. The molecule has 4 aromatic heterocycles. The van der Waals surface area contributed by atoms with Gasteiger partial charge in [0.2, 0.25) is 5.95 Å². The van der Waals surface area contributed by atoms with Gasteiger partial charge in [-0.3, -0.25) is 14.3 Å². The summed E-state index contributed by atoms with van der Waals surface area (Å²) in [5, 5.41) is 21.0. The zero-order valence-electron chi connectivity index (χ0n) is 26.8. The first kappa shape index (κ1) is 38.8. The van der Waals surface area contributed by atoms with Crippen molar-refractivity contribution in [3.05, 3.63) is 53.6 Å². The number of methoxy groups -OCH3 is 1. The van der Waals surface area contributed by atoms with E-state index in [1.54, 1.807) is 30.4 Å². The molecule has 1 aliphatic rings. The Hall–Kier alpha value is -4.41. The van der Waals surface area contributed by atoms with E-state index >= 15 is 0 Å². The van der Waals surface area contributed by atoms with Crippen molar-refractivity contribution in [2.45, 2.75) is 71.2 Å². The Bertz CT molecular complexity index is 1510. The number of nitrogens with one attached hydrogen (secondary N) is 1. The summed E-state index contributed by atoms with van der Waals surface area (Å²) in [6.45, 7) is 4.88. The predicted octanol–water partition coefficient (Wildman–Crippen LogP) is 5.89. The highest BCUT2D eigenvalue weighted by molar-refractivity contribution is 7.13. The molecule has 0 saturated heterocycles. The molecule has 13 nitrogen and oxygen atoms in total. The number of aldehydes is 2. The third-order valence-electron chi connectivity index (χ3n) is 6.65. The third-order valence-corrected chi connectivity index (χ3v) is 7.56. The van der Waals surface area contributed by atoms with Crippen molar-refractivity contribution >= 4 is 36.1 Å². The van der Waals surface area contributed by atoms with Crippen molar-refractivity contribution < 1.29 is 37.7 Å². The first-order valence-electron chi connectivity index (χ1n) is 14.9. The lowest BCUT2D eigenvalue weighted by molar-refractivity contribution is -0.122. The number of anilines is 1. The maximum Gasteiger partial charge on any atom is 0.290 e. The molecule has 1 fully saturated rings. The van der Waals surface area contributed by atoms with E-state index in [-0.39, 0.29) is 18.2 Å². The SMILES string of the molecule is CCCC=O.CCOC1CCC(n2cc(NC)c(-c3nc(F)ccc3F)n2)CC1.COCn1cc(-c2nc(C=O)cs2)cn1.O=CO. The summed E-state index contributed by atoms with van der Waals surface area (Å²) in [6, 6.07) is 2.31. The lowest BCUT2D eigenvalue weighted by atomic mass is 9.93. The second kappa shape index (κ2) is 21.4. The van der Waals surface area contributed by atoms with E-state index in [1.807, 2.05) is 30.9 Å². The van der Waals surface area contributed by atoms with E-state index in [0.29, 0.717) is 36.3 Å². The summed E-state index contributed by atoms with van der Waals surface area (Å²) in [5.41, 5.74) is 2.25. The van der Waals surface area contributed by atoms with Gasteiger partial charge in [-0.25, -0.2) is 19.0 Å². The van der Waals surface area contributed by atoms with Gasteiger partial charge in [0.05, 0.1) is 24.0 Å². The number of unbranched alkanes of at least 4 members (excludes halogenated alkanes) is 1. The molecular formula is C31H41F2N7O6S. The standard InChI is InChI=1S/C17H22F2N4O.C9H9N3O2S.C4H8O.CH2O2/c1-3-24-12-6-4-11(5-7-12)23-10-14(20-2)17(22-23)16-13(18)8-9-15(19)21-16;1-14-6-12-3-7(2-10-12)9-11-8(4-13)5-15-9;1-2-3-4-5;2-1-3/h8-12,20H,3-7H2,1-2H3;2-5H,6H2,1H3;4H,2-3H2,1H3;1H,(H,2,3). The molecule has 16 heteroatoms. The van der Waals surface area contributed by atoms with E-state index in [4.69, 9.17) is 19.4 Å². The van der Waals surface area contributed by atoms with Gasteiger partial charge in [-0.1, -0.05) is 6.92 Å². The van der Waals surface area contributed by atoms with E-state index in [1.165, 1.54) is 11.3 Å². The zero-order chi connectivity index (χ0) is 34.6. The third kappa shape index (κ3) is 12.4.